The van der Waals surface area contributed by atoms with Crippen LogP contribution in [0.1, 0.15) is 36.8 Å². The molecule has 0 saturated heterocycles. The van der Waals surface area contributed by atoms with Gasteiger partial charge >= 0.3 is 5.97 Å². The summed E-state index contributed by atoms with van der Waals surface area (Å²) < 4.78 is 4.64. The van der Waals surface area contributed by atoms with E-state index in [4.69, 9.17) is 0 Å². The molecule has 2 amide bonds. The predicted molar refractivity (Wildman–Crippen MR) is 109 cm³/mol. The third-order valence-electron chi connectivity index (χ3n) is 4.13. The summed E-state index contributed by atoms with van der Waals surface area (Å²) in [7, 11) is 1.30. The number of hydrogen-bond acceptors (Lipinski definition) is 5. The summed E-state index contributed by atoms with van der Waals surface area (Å²) in [4.78, 5) is 40.4. The SMILES string of the molecule is COC(=O)c1ccc(NC(=O)c2ccnc(C(=O)Nc3ccc(C)cc3)c2)cc1. The van der Waals surface area contributed by atoms with Crippen LogP contribution in [0.4, 0.5) is 11.4 Å². The number of rotatable bonds is 5. The molecule has 0 unspecified atom stereocenters. The predicted octanol–water partition coefficient (Wildman–Crippen LogP) is 3.68. The molecule has 0 spiro atoms. The number of hydrogen-bond donors (Lipinski definition) is 2. The highest BCUT2D eigenvalue weighted by atomic mass is 16.5. The largest absolute Gasteiger partial charge is 0.465 e. The number of carbonyl (C=O) groups excluding carboxylic acids is 3. The second-order valence-electron chi connectivity index (χ2n) is 6.27. The molecule has 29 heavy (non-hydrogen) atoms. The van der Waals surface area contributed by atoms with Crippen molar-refractivity contribution in [1.82, 2.24) is 4.98 Å². The van der Waals surface area contributed by atoms with Crippen LogP contribution in [-0.4, -0.2) is 29.9 Å². The quantitative estimate of drug-likeness (QED) is 0.649. The molecule has 1 aromatic heterocycles. The fourth-order valence-electron chi connectivity index (χ4n) is 2.54. The van der Waals surface area contributed by atoms with Crippen LogP contribution >= 0.6 is 0 Å². The number of benzene rings is 2. The summed E-state index contributed by atoms with van der Waals surface area (Å²) in [5.41, 5.74) is 3.02. The summed E-state index contributed by atoms with van der Waals surface area (Å²) >= 11 is 0. The average molecular weight is 389 g/mol. The minimum atomic E-state index is -0.457. The van der Waals surface area contributed by atoms with Crippen molar-refractivity contribution in [1.29, 1.82) is 0 Å². The Balaban J connectivity index is 1.69. The van der Waals surface area contributed by atoms with Gasteiger partial charge in [-0.25, -0.2) is 4.79 Å². The molecule has 0 fully saturated rings. The number of carbonyl (C=O) groups is 3. The maximum atomic E-state index is 12.5. The fourth-order valence-corrected chi connectivity index (χ4v) is 2.54. The lowest BCUT2D eigenvalue weighted by Crippen LogP contribution is -2.17. The number of aromatic nitrogens is 1. The van der Waals surface area contributed by atoms with Gasteiger partial charge < -0.3 is 15.4 Å². The Labute approximate surface area is 167 Å². The van der Waals surface area contributed by atoms with Crippen LogP contribution in [0, 0.1) is 6.92 Å². The van der Waals surface area contributed by atoms with E-state index < -0.39 is 17.8 Å². The van der Waals surface area contributed by atoms with Crippen molar-refractivity contribution in [3.63, 3.8) is 0 Å². The minimum Gasteiger partial charge on any atom is -0.465 e. The minimum absolute atomic E-state index is 0.124. The maximum Gasteiger partial charge on any atom is 0.337 e. The molecule has 7 heteroatoms. The summed E-state index contributed by atoms with van der Waals surface area (Å²) in [5, 5.41) is 5.46. The first-order valence-corrected chi connectivity index (χ1v) is 8.80. The fraction of sp³-hybridized carbons (Fsp3) is 0.0909. The topological polar surface area (TPSA) is 97.4 Å². The third kappa shape index (κ3) is 5.04. The average Bonchev–Trinajstić information content (AvgIpc) is 2.75. The number of ether oxygens (including phenoxy) is 1. The molecular formula is C22H19N3O4. The second kappa shape index (κ2) is 8.79. The summed E-state index contributed by atoms with van der Waals surface area (Å²) in [5.74, 6) is -1.27. The van der Waals surface area contributed by atoms with Gasteiger partial charge in [0.15, 0.2) is 0 Å². The molecule has 0 aliphatic carbocycles. The smallest absolute Gasteiger partial charge is 0.337 e. The van der Waals surface area contributed by atoms with Crippen molar-refractivity contribution in [2.45, 2.75) is 6.92 Å². The molecule has 1 heterocycles. The zero-order valence-corrected chi connectivity index (χ0v) is 15.9. The molecule has 0 radical (unpaired) electrons. The summed E-state index contributed by atoms with van der Waals surface area (Å²) in [6, 6.07) is 16.6. The molecule has 0 aliphatic rings. The number of aryl methyl sites for hydroxylation is 1. The van der Waals surface area contributed by atoms with E-state index in [1.165, 1.54) is 25.4 Å². The van der Waals surface area contributed by atoms with Crippen LogP contribution in [0.5, 0.6) is 0 Å². The lowest BCUT2D eigenvalue weighted by atomic mass is 10.1. The van der Waals surface area contributed by atoms with Crippen molar-refractivity contribution < 1.29 is 19.1 Å². The van der Waals surface area contributed by atoms with Gasteiger partial charge in [0.2, 0.25) is 0 Å². The number of amides is 2. The number of nitrogens with zero attached hydrogens (tertiary/aromatic N) is 1. The van der Waals surface area contributed by atoms with E-state index in [1.54, 1.807) is 36.4 Å². The van der Waals surface area contributed by atoms with Gasteiger partial charge in [-0.05, 0) is 55.5 Å². The highest BCUT2D eigenvalue weighted by Crippen LogP contribution is 2.14. The summed E-state index contributed by atoms with van der Waals surface area (Å²) in [6.45, 7) is 1.96. The van der Waals surface area contributed by atoms with Gasteiger partial charge in [0.05, 0.1) is 12.7 Å². The first kappa shape index (κ1) is 19.8. The first-order valence-electron chi connectivity index (χ1n) is 8.80. The first-order chi connectivity index (χ1) is 14.0. The molecule has 146 valence electrons. The van der Waals surface area contributed by atoms with Gasteiger partial charge in [0.25, 0.3) is 11.8 Å². The van der Waals surface area contributed by atoms with Crippen LogP contribution in [0.25, 0.3) is 0 Å². The van der Waals surface area contributed by atoms with Gasteiger partial charge in [-0.1, -0.05) is 17.7 Å². The molecular weight excluding hydrogens is 370 g/mol. The lowest BCUT2D eigenvalue weighted by molar-refractivity contribution is 0.0600. The monoisotopic (exact) mass is 389 g/mol. The second-order valence-corrected chi connectivity index (χ2v) is 6.27. The zero-order valence-electron chi connectivity index (χ0n) is 15.9. The van der Waals surface area contributed by atoms with Crippen LogP contribution in [0.2, 0.25) is 0 Å². The Morgan fingerprint density at radius 3 is 2.00 bits per heavy atom. The number of methoxy groups -OCH3 is 1. The lowest BCUT2D eigenvalue weighted by Gasteiger charge is -2.08. The Morgan fingerprint density at radius 2 is 1.38 bits per heavy atom. The molecule has 0 bridgehead atoms. The van der Waals surface area contributed by atoms with E-state index in [9.17, 15) is 14.4 Å². The van der Waals surface area contributed by atoms with Crippen LogP contribution in [0.3, 0.4) is 0 Å². The molecule has 0 atom stereocenters. The normalized spacial score (nSPS) is 10.1. The van der Waals surface area contributed by atoms with Gasteiger partial charge in [0, 0.05) is 23.1 Å². The number of pyridine rings is 1. The molecule has 0 aliphatic heterocycles. The van der Waals surface area contributed by atoms with E-state index in [0.29, 0.717) is 16.9 Å². The standard InChI is InChI=1S/C22H19N3O4/c1-14-3-7-17(8-4-14)25-21(27)19-13-16(11-12-23-19)20(26)24-18-9-5-15(6-10-18)22(28)29-2/h3-13H,1-2H3,(H,24,26)(H,25,27). The van der Waals surface area contributed by atoms with E-state index in [-0.39, 0.29) is 11.3 Å². The van der Waals surface area contributed by atoms with Gasteiger partial charge in [-0.3, -0.25) is 14.6 Å². The molecule has 2 aromatic carbocycles. The Morgan fingerprint density at radius 1 is 0.793 bits per heavy atom. The van der Waals surface area contributed by atoms with E-state index in [2.05, 4.69) is 20.4 Å². The third-order valence-corrected chi connectivity index (χ3v) is 4.13. The van der Waals surface area contributed by atoms with Crippen LogP contribution in [0.15, 0.2) is 66.9 Å². The molecule has 3 aromatic rings. The maximum absolute atomic E-state index is 12.5. The highest BCUT2D eigenvalue weighted by molar-refractivity contribution is 6.08. The summed E-state index contributed by atoms with van der Waals surface area (Å²) in [6.07, 6.45) is 1.40. The van der Waals surface area contributed by atoms with E-state index in [1.807, 2.05) is 19.1 Å². The van der Waals surface area contributed by atoms with Gasteiger partial charge in [0.1, 0.15) is 5.69 Å². The zero-order chi connectivity index (χ0) is 20.8. The Bertz CT molecular complexity index is 1040. The molecule has 3 rings (SSSR count). The van der Waals surface area contributed by atoms with Crippen LogP contribution < -0.4 is 10.6 Å². The van der Waals surface area contributed by atoms with Crippen molar-refractivity contribution >= 4 is 29.2 Å². The number of esters is 1. The Kier molecular flexibility index (Phi) is 5.99. The molecule has 0 saturated carbocycles. The van der Waals surface area contributed by atoms with E-state index in [0.717, 1.165) is 5.56 Å². The van der Waals surface area contributed by atoms with Crippen molar-refractivity contribution in [2.75, 3.05) is 17.7 Å². The van der Waals surface area contributed by atoms with Gasteiger partial charge in [-0.2, -0.15) is 0 Å². The highest BCUT2D eigenvalue weighted by Gasteiger charge is 2.13. The number of anilines is 2. The molecule has 7 nitrogen and oxygen atoms in total. The van der Waals surface area contributed by atoms with Crippen LogP contribution in [-0.2, 0) is 4.74 Å². The molecule has 2 N–H and O–H groups in total. The van der Waals surface area contributed by atoms with E-state index >= 15 is 0 Å². The Hall–Kier alpha value is -4.00. The number of nitrogens with one attached hydrogen (secondary N) is 2. The van der Waals surface area contributed by atoms with Gasteiger partial charge in [-0.15, -0.1) is 0 Å². The van der Waals surface area contributed by atoms with Crippen molar-refractivity contribution in [3.05, 3.63) is 89.2 Å². The van der Waals surface area contributed by atoms with Crippen molar-refractivity contribution in [2.24, 2.45) is 0 Å². The van der Waals surface area contributed by atoms with Crippen molar-refractivity contribution in [3.8, 4) is 0 Å².